The Labute approximate surface area is 205 Å². The third kappa shape index (κ3) is 5.47. The largest absolute Gasteiger partial charge is 0.492 e. The number of hydrogen-bond donors (Lipinski definition) is 1. The van der Waals surface area contributed by atoms with E-state index in [1.54, 1.807) is 25.3 Å². The van der Waals surface area contributed by atoms with Gasteiger partial charge in [-0.05, 0) is 62.6 Å². The maximum atomic E-state index is 13.2. The van der Waals surface area contributed by atoms with Crippen molar-refractivity contribution in [3.05, 3.63) is 87.8 Å². The standard InChI is InChI=1S/C26H29N3O5S/c1-3-34-23-12-11-21(17-24(23)35(32,33)29-14-4-5-15-29)27-25(30)22-10-7-13-28(26(22)31)18-20-9-6-8-19(2)16-20/h6-13,16-17H,3-5,14-15,18H2,1-2H3,(H,27,30). The fraction of sp³-hybridized carbons (Fsp3) is 0.308. The van der Waals surface area contributed by atoms with Gasteiger partial charge in [-0.3, -0.25) is 9.59 Å². The highest BCUT2D eigenvalue weighted by atomic mass is 32.2. The molecule has 3 aromatic rings. The Hall–Kier alpha value is -3.43. The molecule has 1 amide bonds. The summed E-state index contributed by atoms with van der Waals surface area (Å²) in [5.41, 5.74) is 1.85. The van der Waals surface area contributed by atoms with Gasteiger partial charge in [-0.15, -0.1) is 0 Å². The van der Waals surface area contributed by atoms with Crippen molar-refractivity contribution in [1.29, 1.82) is 0 Å². The van der Waals surface area contributed by atoms with E-state index >= 15 is 0 Å². The number of benzene rings is 2. The quantitative estimate of drug-likeness (QED) is 0.515. The number of amides is 1. The molecule has 35 heavy (non-hydrogen) atoms. The predicted octanol–water partition coefficient (Wildman–Crippen LogP) is 3.64. The molecule has 184 valence electrons. The minimum Gasteiger partial charge on any atom is -0.492 e. The van der Waals surface area contributed by atoms with Crippen molar-refractivity contribution >= 4 is 21.6 Å². The second-order valence-electron chi connectivity index (χ2n) is 8.50. The number of nitrogens with one attached hydrogen (secondary N) is 1. The van der Waals surface area contributed by atoms with Crippen molar-refractivity contribution in [1.82, 2.24) is 8.87 Å². The number of nitrogens with zero attached hydrogens (tertiary/aromatic N) is 2. The van der Waals surface area contributed by atoms with Crippen molar-refractivity contribution in [2.75, 3.05) is 25.0 Å². The minimum absolute atomic E-state index is 0.00368. The first-order chi connectivity index (χ1) is 16.8. The summed E-state index contributed by atoms with van der Waals surface area (Å²) < 4.78 is 34.9. The molecular formula is C26H29N3O5S. The van der Waals surface area contributed by atoms with Gasteiger partial charge in [0.25, 0.3) is 11.5 Å². The molecule has 0 aliphatic carbocycles. The van der Waals surface area contributed by atoms with Crippen LogP contribution in [0.25, 0.3) is 0 Å². The summed E-state index contributed by atoms with van der Waals surface area (Å²) in [6.07, 6.45) is 3.25. The number of aryl methyl sites for hydroxylation is 1. The zero-order chi connectivity index (χ0) is 25.0. The topological polar surface area (TPSA) is 97.7 Å². The van der Waals surface area contributed by atoms with E-state index in [0.717, 1.165) is 24.0 Å². The molecule has 0 saturated carbocycles. The third-order valence-corrected chi connectivity index (χ3v) is 7.80. The number of hydrogen-bond acceptors (Lipinski definition) is 5. The van der Waals surface area contributed by atoms with Crippen molar-refractivity contribution in [3.63, 3.8) is 0 Å². The lowest BCUT2D eigenvalue weighted by atomic mass is 10.1. The van der Waals surface area contributed by atoms with Crippen molar-refractivity contribution < 1.29 is 17.9 Å². The molecule has 4 rings (SSSR count). The zero-order valence-corrected chi connectivity index (χ0v) is 20.7. The molecule has 1 aliphatic rings. The molecule has 1 aromatic heterocycles. The monoisotopic (exact) mass is 495 g/mol. The molecule has 1 fully saturated rings. The fourth-order valence-corrected chi connectivity index (χ4v) is 5.84. The zero-order valence-electron chi connectivity index (χ0n) is 19.9. The van der Waals surface area contributed by atoms with Crippen LogP contribution in [0.5, 0.6) is 5.75 Å². The second kappa shape index (κ2) is 10.5. The first-order valence-electron chi connectivity index (χ1n) is 11.6. The Balaban J connectivity index is 1.61. The third-order valence-electron chi connectivity index (χ3n) is 5.88. The van der Waals surface area contributed by atoms with Crippen LogP contribution in [0.3, 0.4) is 0 Å². The van der Waals surface area contributed by atoms with Gasteiger partial charge in [0.15, 0.2) is 0 Å². The molecular weight excluding hydrogens is 466 g/mol. The molecule has 2 aromatic carbocycles. The van der Waals surface area contributed by atoms with Crippen LogP contribution in [-0.4, -0.2) is 42.9 Å². The van der Waals surface area contributed by atoms with Gasteiger partial charge in [-0.2, -0.15) is 4.31 Å². The highest BCUT2D eigenvalue weighted by Gasteiger charge is 2.30. The molecule has 0 bridgehead atoms. The van der Waals surface area contributed by atoms with Gasteiger partial charge in [0.05, 0.1) is 13.2 Å². The number of ether oxygens (including phenoxy) is 1. The number of carbonyl (C=O) groups excluding carboxylic acids is 1. The van der Waals surface area contributed by atoms with E-state index in [4.69, 9.17) is 4.74 Å². The molecule has 0 atom stereocenters. The number of sulfonamides is 1. The average molecular weight is 496 g/mol. The van der Waals surface area contributed by atoms with Crippen LogP contribution in [0.2, 0.25) is 0 Å². The van der Waals surface area contributed by atoms with Crippen LogP contribution >= 0.6 is 0 Å². The van der Waals surface area contributed by atoms with Gasteiger partial charge in [-0.25, -0.2) is 8.42 Å². The number of carbonyl (C=O) groups is 1. The fourth-order valence-electron chi connectivity index (χ4n) is 4.17. The molecule has 0 unspecified atom stereocenters. The average Bonchev–Trinajstić information content (AvgIpc) is 3.38. The number of rotatable bonds is 8. The molecule has 0 spiro atoms. The molecule has 9 heteroatoms. The smallest absolute Gasteiger partial charge is 0.263 e. The van der Waals surface area contributed by atoms with Gasteiger partial charge in [-0.1, -0.05) is 29.8 Å². The minimum atomic E-state index is -3.78. The molecule has 0 radical (unpaired) electrons. The normalized spacial score (nSPS) is 14.1. The van der Waals surface area contributed by atoms with Crippen LogP contribution in [-0.2, 0) is 16.6 Å². The molecule has 2 heterocycles. The molecule has 1 saturated heterocycles. The second-order valence-corrected chi connectivity index (χ2v) is 10.4. The Morgan fingerprint density at radius 3 is 2.54 bits per heavy atom. The summed E-state index contributed by atoms with van der Waals surface area (Å²) in [4.78, 5) is 26.0. The van der Waals surface area contributed by atoms with Gasteiger partial charge >= 0.3 is 0 Å². The van der Waals surface area contributed by atoms with E-state index < -0.39 is 21.5 Å². The first kappa shape index (κ1) is 24.7. The summed E-state index contributed by atoms with van der Waals surface area (Å²) >= 11 is 0. The number of pyridine rings is 1. The van der Waals surface area contributed by atoms with E-state index in [2.05, 4.69) is 5.32 Å². The predicted molar refractivity (Wildman–Crippen MR) is 135 cm³/mol. The van der Waals surface area contributed by atoms with Gasteiger partial charge in [0.2, 0.25) is 10.0 Å². The van der Waals surface area contributed by atoms with Crippen LogP contribution in [0.1, 0.15) is 41.3 Å². The van der Waals surface area contributed by atoms with E-state index in [1.165, 1.54) is 27.1 Å². The van der Waals surface area contributed by atoms with Crippen LogP contribution < -0.4 is 15.6 Å². The first-order valence-corrected chi connectivity index (χ1v) is 13.1. The summed E-state index contributed by atoms with van der Waals surface area (Å²) in [5.74, 6) is -0.375. The van der Waals surface area contributed by atoms with E-state index in [-0.39, 0.29) is 21.9 Å². The van der Waals surface area contributed by atoms with Crippen LogP contribution in [0, 0.1) is 6.92 Å². The maximum Gasteiger partial charge on any atom is 0.263 e. The molecule has 8 nitrogen and oxygen atoms in total. The SMILES string of the molecule is CCOc1ccc(NC(=O)c2cccn(Cc3cccc(C)c3)c2=O)cc1S(=O)(=O)N1CCCC1. The summed E-state index contributed by atoms with van der Waals surface area (Å²) in [7, 11) is -3.78. The Morgan fingerprint density at radius 1 is 1.06 bits per heavy atom. The maximum absolute atomic E-state index is 13.2. The summed E-state index contributed by atoms with van der Waals surface area (Å²) in [6.45, 7) is 5.30. The number of aromatic nitrogens is 1. The lowest BCUT2D eigenvalue weighted by molar-refractivity contribution is 0.102. The summed E-state index contributed by atoms with van der Waals surface area (Å²) in [5, 5.41) is 2.68. The highest BCUT2D eigenvalue weighted by Crippen LogP contribution is 2.31. The number of anilines is 1. The van der Waals surface area contributed by atoms with Crippen molar-refractivity contribution in [3.8, 4) is 5.75 Å². The van der Waals surface area contributed by atoms with Crippen LogP contribution in [0.4, 0.5) is 5.69 Å². The Kier molecular flexibility index (Phi) is 7.37. The summed E-state index contributed by atoms with van der Waals surface area (Å²) in [6, 6.07) is 15.4. The Morgan fingerprint density at radius 2 is 1.83 bits per heavy atom. The molecule has 1 aliphatic heterocycles. The van der Waals surface area contributed by atoms with Gasteiger partial charge < -0.3 is 14.6 Å². The van der Waals surface area contributed by atoms with E-state index in [0.29, 0.717) is 26.2 Å². The van der Waals surface area contributed by atoms with E-state index in [9.17, 15) is 18.0 Å². The van der Waals surface area contributed by atoms with Crippen molar-refractivity contribution in [2.45, 2.75) is 38.1 Å². The lowest BCUT2D eigenvalue weighted by Crippen LogP contribution is -2.29. The lowest BCUT2D eigenvalue weighted by Gasteiger charge is -2.19. The molecule has 1 N–H and O–H groups in total. The highest BCUT2D eigenvalue weighted by molar-refractivity contribution is 7.89. The van der Waals surface area contributed by atoms with E-state index in [1.807, 2.05) is 31.2 Å². The van der Waals surface area contributed by atoms with Gasteiger partial charge in [0.1, 0.15) is 16.2 Å². The van der Waals surface area contributed by atoms with Crippen LogP contribution in [0.15, 0.2) is 70.5 Å². The van der Waals surface area contributed by atoms with Gasteiger partial charge in [0, 0.05) is 25.0 Å². The Bertz CT molecular complexity index is 1390. The van der Waals surface area contributed by atoms with Crippen molar-refractivity contribution in [2.24, 2.45) is 0 Å².